The largest absolute Gasteiger partial charge is 0.396 e. The van der Waals surface area contributed by atoms with Gasteiger partial charge in [-0.25, -0.2) is 12.7 Å². The first-order valence-corrected chi connectivity index (χ1v) is 7.93. The summed E-state index contributed by atoms with van der Waals surface area (Å²) in [5.41, 5.74) is 6.75. The molecule has 0 aromatic heterocycles. The molecule has 6 nitrogen and oxygen atoms in total. The minimum atomic E-state index is -3.55. The molecule has 1 unspecified atom stereocenters. The van der Waals surface area contributed by atoms with Gasteiger partial charge in [0, 0.05) is 20.6 Å². The third-order valence-corrected chi connectivity index (χ3v) is 4.81. The highest BCUT2D eigenvalue weighted by molar-refractivity contribution is 7.89. The summed E-state index contributed by atoms with van der Waals surface area (Å²) in [4.78, 5) is 0.100. The van der Waals surface area contributed by atoms with Gasteiger partial charge in [-0.3, -0.25) is 0 Å². The molecule has 114 valence electrons. The predicted octanol–water partition coefficient (Wildman–Crippen LogP) is 1.09. The molecule has 0 bridgehead atoms. The Balaban J connectivity index is 2.86. The predicted molar refractivity (Wildman–Crippen MR) is 81.1 cm³/mol. The zero-order chi connectivity index (χ0) is 15.3. The van der Waals surface area contributed by atoms with Crippen LogP contribution < -0.4 is 11.1 Å². The summed E-state index contributed by atoms with van der Waals surface area (Å²) >= 11 is 0. The van der Waals surface area contributed by atoms with Gasteiger partial charge in [0.2, 0.25) is 10.0 Å². The second-order valence-corrected chi connectivity index (χ2v) is 7.04. The summed E-state index contributed by atoms with van der Waals surface area (Å²) in [6.45, 7) is 2.36. The zero-order valence-corrected chi connectivity index (χ0v) is 12.9. The Bertz CT molecular complexity index is 542. The Morgan fingerprint density at radius 2 is 2.05 bits per heavy atom. The van der Waals surface area contributed by atoms with E-state index in [-0.39, 0.29) is 16.7 Å². The molecule has 4 N–H and O–H groups in total. The lowest BCUT2D eigenvalue weighted by molar-refractivity contribution is 0.183. The second kappa shape index (κ2) is 6.92. The van der Waals surface area contributed by atoms with Crippen LogP contribution in [0, 0.1) is 0 Å². The topological polar surface area (TPSA) is 95.7 Å². The van der Waals surface area contributed by atoms with Crippen LogP contribution in [0.4, 0.5) is 11.4 Å². The molecule has 1 atom stereocenters. The van der Waals surface area contributed by atoms with Crippen LogP contribution in [0.25, 0.3) is 0 Å². The number of nitrogens with one attached hydrogen (secondary N) is 1. The minimum absolute atomic E-state index is 0.100. The smallest absolute Gasteiger partial charge is 0.244 e. The summed E-state index contributed by atoms with van der Waals surface area (Å²) < 4.78 is 25.4. The molecule has 0 aliphatic heterocycles. The van der Waals surface area contributed by atoms with Crippen molar-refractivity contribution in [3.8, 4) is 0 Å². The van der Waals surface area contributed by atoms with Crippen molar-refractivity contribution in [1.82, 2.24) is 4.31 Å². The third-order valence-electron chi connectivity index (χ3n) is 2.94. The molecule has 1 rings (SSSR count). The lowest BCUT2D eigenvalue weighted by Gasteiger charge is -2.16. The van der Waals surface area contributed by atoms with Crippen LogP contribution in [-0.4, -0.2) is 44.6 Å². The van der Waals surface area contributed by atoms with Crippen LogP contribution in [0.15, 0.2) is 23.1 Å². The van der Waals surface area contributed by atoms with Crippen molar-refractivity contribution < 1.29 is 13.5 Å². The number of para-hydroxylation sites is 1. The lowest BCUT2D eigenvalue weighted by atomic mass is 10.2. The van der Waals surface area contributed by atoms with Gasteiger partial charge in [0.1, 0.15) is 4.90 Å². The molecule has 20 heavy (non-hydrogen) atoms. The first kappa shape index (κ1) is 16.7. The molecule has 0 radical (unpaired) electrons. The van der Waals surface area contributed by atoms with Gasteiger partial charge in [-0.05, 0) is 31.9 Å². The number of sulfonamides is 1. The molecule has 1 aromatic rings. The maximum Gasteiger partial charge on any atom is 0.244 e. The van der Waals surface area contributed by atoms with E-state index >= 15 is 0 Å². The lowest BCUT2D eigenvalue weighted by Crippen LogP contribution is -2.23. The van der Waals surface area contributed by atoms with Crippen molar-refractivity contribution >= 4 is 21.4 Å². The number of nitrogens with two attached hydrogens (primary N) is 1. The highest BCUT2D eigenvalue weighted by Crippen LogP contribution is 2.28. The van der Waals surface area contributed by atoms with E-state index in [9.17, 15) is 13.5 Å². The summed E-state index contributed by atoms with van der Waals surface area (Å²) in [7, 11) is -0.606. The Kier molecular flexibility index (Phi) is 5.79. The molecule has 0 amide bonds. The normalized spacial score (nSPS) is 13.4. The quantitative estimate of drug-likeness (QED) is 0.517. The molecule has 0 aliphatic rings. The van der Waals surface area contributed by atoms with Gasteiger partial charge in [-0.2, -0.15) is 0 Å². The summed E-state index contributed by atoms with van der Waals surface area (Å²) in [6.07, 6.45) is 1.12. The average Bonchev–Trinajstić information content (AvgIpc) is 2.35. The van der Waals surface area contributed by atoms with Crippen molar-refractivity contribution in [2.24, 2.45) is 0 Å². The van der Waals surface area contributed by atoms with Crippen LogP contribution in [0.1, 0.15) is 19.8 Å². The summed E-state index contributed by atoms with van der Waals surface area (Å²) in [5.74, 6) is 0. The number of nitrogens with zero attached hydrogens (tertiary/aromatic N) is 1. The molecule has 0 aliphatic carbocycles. The molecule has 0 saturated carbocycles. The molecule has 0 spiro atoms. The highest BCUT2D eigenvalue weighted by atomic mass is 32.2. The number of aliphatic hydroxyl groups is 1. The van der Waals surface area contributed by atoms with Crippen molar-refractivity contribution in [1.29, 1.82) is 0 Å². The van der Waals surface area contributed by atoms with E-state index in [2.05, 4.69) is 5.32 Å². The number of anilines is 2. The van der Waals surface area contributed by atoms with Crippen LogP contribution in [0.2, 0.25) is 0 Å². The van der Waals surface area contributed by atoms with Crippen molar-refractivity contribution in [3.63, 3.8) is 0 Å². The molecule has 0 saturated heterocycles. The summed E-state index contributed by atoms with van der Waals surface area (Å²) in [5, 5.41) is 12.3. The van der Waals surface area contributed by atoms with E-state index in [1.165, 1.54) is 20.2 Å². The molecule has 7 heteroatoms. The number of aliphatic hydroxyl groups excluding tert-OH is 1. The van der Waals surface area contributed by atoms with Crippen LogP contribution in [0.5, 0.6) is 0 Å². The number of benzene rings is 1. The molecule has 1 aromatic carbocycles. The monoisotopic (exact) mass is 301 g/mol. The molecular weight excluding hydrogens is 278 g/mol. The van der Waals surface area contributed by atoms with Crippen molar-refractivity contribution in [2.45, 2.75) is 30.8 Å². The number of hydrogen-bond donors (Lipinski definition) is 3. The maximum absolute atomic E-state index is 12.1. The van der Waals surface area contributed by atoms with Gasteiger partial charge in [-0.15, -0.1) is 0 Å². The maximum atomic E-state index is 12.1. The molecule has 0 fully saturated rings. The van der Waals surface area contributed by atoms with E-state index in [0.717, 1.165) is 10.7 Å². The highest BCUT2D eigenvalue weighted by Gasteiger charge is 2.21. The summed E-state index contributed by atoms with van der Waals surface area (Å²) in [6, 6.07) is 4.89. The Labute approximate surface area is 120 Å². The van der Waals surface area contributed by atoms with Gasteiger partial charge >= 0.3 is 0 Å². The minimum Gasteiger partial charge on any atom is -0.396 e. The first-order valence-electron chi connectivity index (χ1n) is 6.49. The Morgan fingerprint density at radius 1 is 1.40 bits per heavy atom. The molecular formula is C13H23N3O3S. The van der Waals surface area contributed by atoms with Crippen molar-refractivity contribution in [2.75, 3.05) is 31.7 Å². The Hall–Kier alpha value is -1.31. The van der Waals surface area contributed by atoms with E-state index in [4.69, 9.17) is 5.73 Å². The number of hydrogen-bond acceptors (Lipinski definition) is 5. The Morgan fingerprint density at radius 3 is 2.60 bits per heavy atom. The molecule has 0 heterocycles. The standard InChI is InChI=1S/C13H23N3O3S/c1-10(17)6-5-9-15-11-7-4-8-12(13(11)14)20(18,19)16(2)3/h4,7-8,10,15,17H,5-6,9,14H2,1-3H3. The van der Waals surface area contributed by atoms with Crippen LogP contribution in [-0.2, 0) is 10.0 Å². The number of nitrogen functional groups attached to an aromatic ring is 1. The number of rotatable bonds is 7. The second-order valence-electron chi connectivity index (χ2n) is 4.92. The van der Waals surface area contributed by atoms with Gasteiger partial charge in [0.05, 0.1) is 17.5 Å². The van der Waals surface area contributed by atoms with E-state index in [1.54, 1.807) is 19.1 Å². The van der Waals surface area contributed by atoms with Crippen molar-refractivity contribution in [3.05, 3.63) is 18.2 Å². The van der Waals surface area contributed by atoms with Gasteiger partial charge < -0.3 is 16.2 Å². The van der Waals surface area contributed by atoms with Crippen LogP contribution in [0.3, 0.4) is 0 Å². The van der Waals surface area contributed by atoms with Crippen LogP contribution >= 0.6 is 0 Å². The average molecular weight is 301 g/mol. The van der Waals surface area contributed by atoms with Gasteiger partial charge in [0.25, 0.3) is 0 Å². The van der Waals surface area contributed by atoms with E-state index in [0.29, 0.717) is 18.7 Å². The first-order chi connectivity index (χ1) is 9.26. The fraction of sp³-hybridized carbons (Fsp3) is 0.538. The van der Waals surface area contributed by atoms with E-state index < -0.39 is 10.0 Å². The van der Waals surface area contributed by atoms with Gasteiger partial charge in [0.15, 0.2) is 0 Å². The van der Waals surface area contributed by atoms with E-state index in [1.807, 2.05) is 0 Å². The zero-order valence-electron chi connectivity index (χ0n) is 12.1. The third kappa shape index (κ3) is 4.09. The van der Waals surface area contributed by atoms with Gasteiger partial charge in [-0.1, -0.05) is 6.07 Å². The fourth-order valence-electron chi connectivity index (χ4n) is 1.74. The fourth-order valence-corrected chi connectivity index (χ4v) is 2.77. The SMILES string of the molecule is CC(O)CCCNc1cccc(S(=O)(=O)N(C)C)c1N.